The molecule has 5 heteroatoms. The molecule has 1 aliphatic heterocycles. The fraction of sp³-hybridized carbons (Fsp3) is 0.611. The number of amides is 1. The summed E-state index contributed by atoms with van der Waals surface area (Å²) in [5, 5.41) is 2.95. The lowest BCUT2D eigenvalue weighted by Crippen LogP contribution is -2.49. The number of hydrogen-bond acceptors (Lipinski definition) is 4. The molecule has 1 aliphatic rings. The third kappa shape index (κ3) is 7.12. The molecule has 23 heavy (non-hydrogen) atoms. The van der Waals surface area contributed by atoms with E-state index in [9.17, 15) is 4.79 Å². The Morgan fingerprint density at radius 2 is 1.83 bits per heavy atom. The number of rotatable bonds is 9. The number of carbonyl (C=O) groups excluding carboxylic acids is 1. The van der Waals surface area contributed by atoms with Crippen LogP contribution in [0.5, 0.6) is 0 Å². The molecular formula is C18H29N3O2. The molecule has 0 saturated carbocycles. The monoisotopic (exact) mass is 319 g/mol. The van der Waals surface area contributed by atoms with E-state index in [1.807, 2.05) is 0 Å². The highest BCUT2D eigenvalue weighted by Gasteiger charge is 2.18. The Hall–Kier alpha value is -1.43. The summed E-state index contributed by atoms with van der Waals surface area (Å²) in [5.74, 6) is 0.124. The second-order valence-electron chi connectivity index (χ2n) is 6.05. The van der Waals surface area contributed by atoms with Crippen LogP contribution in [0.2, 0.25) is 0 Å². The molecule has 0 spiro atoms. The first kappa shape index (κ1) is 17.9. The number of nitrogens with zero attached hydrogens (tertiary/aromatic N) is 2. The van der Waals surface area contributed by atoms with Gasteiger partial charge in [0.1, 0.15) is 0 Å². The van der Waals surface area contributed by atoms with Gasteiger partial charge in [0.25, 0.3) is 0 Å². The average molecular weight is 319 g/mol. The Labute approximate surface area is 139 Å². The van der Waals surface area contributed by atoms with Crippen molar-refractivity contribution in [1.82, 2.24) is 15.1 Å². The van der Waals surface area contributed by atoms with Crippen LogP contribution in [0.4, 0.5) is 0 Å². The molecule has 0 bridgehead atoms. The summed E-state index contributed by atoms with van der Waals surface area (Å²) in [6.45, 7) is 7.04. The minimum atomic E-state index is 0.124. The molecule has 0 radical (unpaired) electrons. The van der Waals surface area contributed by atoms with Gasteiger partial charge < -0.3 is 15.0 Å². The molecule has 128 valence electrons. The van der Waals surface area contributed by atoms with Gasteiger partial charge in [-0.25, -0.2) is 0 Å². The molecule has 1 aromatic rings. The summed E-state index contributed by atoms with van der Waals surface area (Å²) in [6, 6.07) is 10.6. The molecule has 2 rings (SSSR count). The quantitative estimate of drug-likeness (QED) is 0.690. The maximum Gasteiger partial charge on any atom is 0.234 e. The Morgan fingerprint density at radius 1 is 1.13 bits per heavy atom. The Bertz CT molecular complexity index is 445. The SMILES string of the molecule is COCCCNC(=O)CN1CCN(CCc2ccccc2)CC1. The van der Waals surface area contributed by atoms with Gasteiger partial charge in [0, 0.05) is 53.0 Å². The lowest BCUT2D eigenvalue weighted by molar-refractivity contribution is -0.122. The van der Waals surface area contributed by atoms with Crippen molar-refractivity contribution in [3.05, 3.63) is 35.9 Å². The van der Waals surface area contributed by atoms with Gasteiger partial charge in [-0.1, -0.05) is 30.3 Å². The van der Waals surface area contributed by atoms with Crippen molar-refractivity contribution >= 4 is 5.91 Å². The summed E-state index contributed by atoms with van der Waals surface area (Å²) < 4.78 is 4.97. The topological polar surface area (TPSA) is 44.8 Å². The molecule has 0 aromatic heterocycles. The smallest absolute Gasteiger partial charge is 0.234 e. The fourth-order valence-electron chi connectivity index (χ4n) is 2.81. The van der Waals surface area contributed by atoms with E-state index in [-0.39, 0.29) is 5.91 Å². The minimum Gasteiger partial charge on any atom is -0.385 e. The minimum absolute atomic E-state index is 0.124. The number of ether oxygens (including phenoxy) is 1. The highest BCUT2D eigenvalue weighted by molar-refractivity contribution is 5.77. The van der Waals surface area contributed by atoms with Gasteiger partial charge >= 0.3 is 0 Å². The predicted molar refractivity (Wildman–Crippen MR) is 92.5 cm³/mol. The Kier molecular flexibility index (Phi) is 8.07. The number of carbonyl (C=O) groups is 1. The summed E-state index contributed by atoms with van der Waals surface area (Å²) in [7, 11) is 1.68. The molecule has 0 atom stereocenters. The summed E-state index contributed by atoms with van der Waals surface area (Å²) in [4.78, 5) is 16.6. The fourth-order valence-corrected chi connectivity index (χ4v) is 2.81. The maximum absolute atomic E-state index is 11.9. The average Bonchev–Trinajstić information content (AvgIpc) is 2.59. The van der Waals surface area contributed by atoms with Gasteiger partial charge in [0.2, 0.25) is 5.91 Å². The van der Waals surface area contributed by atoms with Gasteiger partial charge in [-0.3, -0.25) is 9.69 Å². The third-order valence-electron chi connectivity index (χ3n) is 4.24. The van der Waals surface area contributed by atoms with Crippen molar-refractivity contribution in [3.8, 4) is 0 Å². The van der Waals surface area contributed by atoms with Crippen LogP contribution in [-0.2, 0) is 16.0 Å². The van der Waals surface area contributed by atoms with E-state index in [0.29, 0.717) is 19.7 Å². The van der Waals surface area contributed by atoms with E-state index in [2.05, 4.69) is 45.4 Å². The van der Waals surface area contributed by atoms with Crippen LogP contribution in [0.3, 0.4) is 0 Å². The van der Waals surface area contributed by atoms with Crippen LogP contribution in [0.15, 0.2) is 30.3 Å². The largest absolute Gasteiger partial charge is 0.385 e. The third-order valence-corrected chi connectivity index (χ3v) is 4.24. The van der Waals surface area contributed by atoms with Crippen molar-refractivity contribution < 1.29 is 9.53 Å². The van der Waals surface area contributed by atoms with Crippen molar-refractivity contribution in [2.24, 2.45) is 0 Å². The van der Waals surface area contributed by atoms with Crippen molar-refractivity contribution in [3.63, 3.8) is 0 Å². The molecule has 5 nitrogen and oxygen atoms in total. The zero-order valence-corrected chi connectivity index (χ0v) is 14.2. The summed E-state index contributed by atoms with van der Waals surface area (Å²) in [5.41, 5.74) is 1.39. The van der Waals surface area contributed by atoms with Gasteiger partial charge in [0.05, 0.1) is 6.54 Å². The van der Waals surface area contributed by atoms with Crippen molar-refractivity contribution in [1.29, 1.82) is 0 Å². The van der Waals surface area contributed by atoms with E-state index < -0.39 is 0 Å². The van der Waals surface area contributed by atoms with Crippen LogP contribution < -0.4 is 5.32 Å². The number of benzene rings is 1. The van der Waals surface area contributed by atoms with Crippen LogP contribution in [0.1, 0.15) is 12.0 Å². The van der Waals surface area contributed by atoms with Gasteiger partial charge in [0.15, 0.2) is 0 Å². The molecular weight excluding hydrogens is 290 g/mol. The lowest BCUT2D eigenvalue weighted by Gasteiger charge is -2.34. The molecule has 1 N–H and O–H groups in total. The number of piperazine rings is 1. The van der Waals surface area contributed by atoms with E-state index in [1.54, 1.807) is 7.11 Å². The van der Waals surface area contributed by atoms with Gasteiger partial charge in [-0.15, -0.1) is 0 Å². The molecule has 0 aliphatic carbocycles. The Morgan fingerprint density at radius 3 is 2.52 bits per heavy atom. The number of methoxy groups -OCH3 is 1. The molecule has 1 aromatic carbocycles. The van der Waals surface area contributed by atoms with Gasteiger partial charge in [-0.05, 0) is 18.4 Å². The second kappa shape index (κ2) is 10.4. The molecule has 1 amide bonds. The van der Waals surface area contributed by atoms with E-state index >= 15 is 0 Å². The molecule has 1 saturated heterocycles. The molecule has 1 fully saturated rings. The van der Waals surface area contributed by atoms with E-state index in [4.69, 9.17) is 4.74 Å². The zero-order chi connectivity index (χ0) is 16.3. The predicted octanol–water partition coefficient (Wildman–Crippen LogP) is 0.999. The first-order chi connectivity index (χ1) is 11.3. The summed E-state index contributed by atoms with van der Waals surface area (Å²) in [6.07, 6.45) is 1.97. The lowest BCUT2D eigenvalue weighted by atomic mass is 10.1. The highest BCUT2D eigenvalue weighted by Crippen LogP contribution is 2.05. The summed E-state index contributed by atoms with van der Waals surface area (Å²) >= 11 is 0. The molecule has 1 heterocycles. The Balaban J connectivity index is 1.57. The van der Waals surface area contributed by atoms with Gasteiger partial charge in [-0.2, -0.15) is 0 Å². The van der Waals surface area contributed by atoms with Crippen molar-refractivity contribution in [2.75, 3.05) is 59.5 Å². The van der Waals surface area contributed by atoms with Crippen LogP contribution in [-0.4, -0.2) is 75.2 Å². The van der Waals surface area contributed by atoms with Crippen LogP contribution >= 0.6 is 0 Å². The van der Waals surface area contributed by atoms with Crippen LogP contribution in [0, 0.1) is 0 Å². The highest BCUT2D eigenvalue weighted by atomic mass is 16.5. The number of hydrogen-bond donors (Lipinski definition) is 1. The van der Waals surface area contributed by atoms with E-state index in [1.165, 1.54) is 5.56 Å². The van der Waals surface area contributed by atoms with Crippen molar-refractivity contribution in [2.45, 2.75) is 12.8 Å². The van der Waals surface area contributed by atoms with E-state index in [0.717, 1.165) is 45.6 Å². The van der Waals surface area contributed by atoms with Crippen LogP contribution in [0.25, 0.3) is 0 Å². The first-order valence-corrected chi connectivity index (χ1v) is 8.52. The number of nitrogens with one attached hydrogen (secondary N) is 1. The first-order valence-electron chi connectivity index (χ1n) is 8.52. The maximum atomic E-state index is 11.9. The standard InChI is InChI=1S/C18H29N3O2/c1-23-15-5-9-19-18(22)16-21-13-11-20(12-14-21)10-8-17-6-3-2-4-7-17/h2-4,6-7H,5,8-16H2,1H3,(H,19,22). The normalized spacial score (nSPS) is 16.4. The molecule has 0 unspecified atom stereocenters. The zero-order valence-electron chi connectivity index (χ0n) is 14.2. The second-order valence-corrected chi connectivity index (χ2v) is 6.05.